The Balaban J connectivity index is 1.63. The molecule has 28 heavy (non-hydrogen) atoms. The van der Waals surface area contributed by atoms with E-state index in [1.54, 1.807) is 0 Å². The Bertz CT molecular complexity index is 1060. The van der Waals surface area contributed by atoms with E-state index in [2.05, 4.69) is 5.32 Å². The Morgan fingerprint density at radius 2 is 1.75 bits per heavy atom. The van der Waals surface area contributed by atoms with Crippen LogP contribution >= 0.6 is 11.8 Å². The monoisotopic (exact) mass is 404 g/mol. The number of fused-ring (bicyclic) bond motifs is 1. The molecule has 1 aliphatic heterocycles. The zero-order valence-corrected chi connectivity index (χ0v) is 15.3. The molecular weight excluding hydrogens is 389 g/mol. The van der Waals surface area contributed by atoms with Gasteiger partial charge in [0, 0.05) is 23.6 Å². The first kappa shape index (κ1) is 18.6. The lowest BCUT2D eigenvalue weighted by molar-refractivity contribution is -0.137. The van der Waals surface area contributed by atoms with Crippen LogP contribution in [0.5, 0.6) is 0 Å². The SMILES string of the molecule is O=C1NC(=O)C(Cc2cn(Cc3ccc(C(F)(F)F)cc3)c3ccccc23)S1. The van der Waals surface area contributed by atoms with Crippen LogP contribution in [0.25, 0.3) is 10.9 Å². The van der Waals surface area contributed by atoms with E-state index in [-0.39, 0.29) is 11.1 Å². The molecule has 1 aliphatic rings. The van der Waals surface area contributed by atoms with Gasteiger partial charge in [-0.1, -0.05) is 42.1 Å². The normalized spacial score (nSPS) is 17.3. The summed E-state index contributed by atoms with van der Waals surface area (Å²) in [6.45, 7) is 0.404. The summed E-state index contributed by atoms with van der Waals surface area (Å²) in [5.74, 6) is -0.297. The predicted molar refractivity (Wildman–Crippen MR) is 101 cm³/mol. The molecule has 2 heterocycles. The highest BCUT2D eigenvalue weighted by atomic mass is 32.2. The molecular formula is C20H15F3N2O2S. The Hall–Kier alpha value is -2.74. The highest BCUT2D eigenvalue weighted by Gasteiger charge is 2.32. The van der Waals surface area contributed by atoms with Crippen LogP contribution < -0.4 is 5.32 Å². The molecule has 1 saturated heterocycles. The van der Waals surface area contributed by atoms with Gasteiger partial charge in [0.05, 0.1) is 10.8 Å². The van der Waals surface area contributed by atoms with E-state index in [0.717, 1.165) is 45.9 Å². The molecule has 4 rings (SSSR count). The Morgan fingerprint density at radius 3 is 2.39 bits per heavy atom. The van der Waals surface area contributed by atoms with E-state index < -0.39 is 17.0 Å². The number of hydrogen-bond acceptors (Lipinski definition) is 3. The number of carbonyl (C=O) groups excluding carboxylic acids is 2. The largest absolute Gasteiger partial charge is 0.416 e. The number of para-hydroxylation sites is 1. The lowest BCUT2D eigenvalue weighted by Crippen LogP contribution is -2.25. The number of aromatic nitrogens is 1. The average molecular weight is 404 g/mol. The quantitative estimate of drug-likeness (QED) is 0.691. The summed E-state index contributed by atoms with van der Waals surface area (Å²) in [6, 6.07) is 12.7. The first-order chi connectivity index (χ1) is 13.3. The van der Waals surface area contributed by atoms with Crippen molar-refractivity contribution >= 4 is 33.8 Å². The van der Waals surface area contributed by atoms with Gasteiger partial charge in [-0.05, 0) is 35.7 Å². The number of amides is 2. The summed E-state index contributed by atoms with van der Waals surface area (Å²) in [4.78, 5) is 23.3. The van der Waals surface area contributed by atoms with Crippen molar-refractivity contribution in [3.8, 4) is 0 Å². The van der Waals surface area contributed by atoms with Gasteiger partial charge in [-0.25, -0.2) is 0 Å². The van der Waals surface area contributed by atoms with Crippen molar-refractivity contribution in [3.63, 3.8) is 0 Å². The lowest BCUT2D eigenvalue weighted by Gasteiger charge is -2.09. The zero-order chi connectivity index (χ0) is 19.9. The van der Waals surface area contributed by atoms with E-state index in [1.807, 2.05) is 35.0 Å². The van der Waals surface area contributed by atoms with Crippen LogP contribution in [0.2, 0.25) is 0 Å². The number of alkyl halides is 3. The maximum Gasteiger partial charge on any atom is 0.416 e. The Kier molecular flexibility index (Phi) is 4.66. The predicted octanol–water partition coefficient (Wildman–Crippen LogP) is 4.60. The highest BCUT2D eigenvalue weighted by molar-refractivity contribution is 8.15. The number of rotatable bonds is 4. The lowest BCUT2D eigenvalue weighted by atomic mass is 10.1. The Labute approximate surface area is 162 Å². The second-order valence-electron chi connectivity index (χ2n) is 6.58. The van der Waals surface area contributed by atoms with Crippen LogP contribution in [0.3, 0.4) is 0 Å². The number of halogens is 3. The summed E-state index contributed by atoms with van der Waals surface area (Å²) in [7, 11) is 0. The van der Waals surface area contributed by atoms with Crippen LogP contribution in [0.15, 0.2) is 54.7 Å². The number of imide groups is 1. The number of carbonyl (C=O) groups is 2. The molecule has 2 aromatic carbocycles. The van der Waals surface area contributed by atoms with Crippen LogP contribution in [-0.2, 0) is 23.9 Å². The molecule has 2 amide bonds. The topological polar surface area (TPSA) is 51.1 Å². The molecule has 0 saturated carbocycles. The standard InChI is InChI=1S/C20H15F3N2O2S/c21-20(22,23)14-7-5-12(6-8-14)10-25-11-13(15-3-1-2-4-16(15)25)9-17-18(26)24-19(27)28-17/h1-8,11,17H,9-10H2,(H,24,26,27). The molecule has 4 nitrogen and oxygen atoms in total. The zero-order valence-electron chi connectivity index (χ0n) is 14.5. The number of hydrogen-bond donors (Lipinski definition) is 1. The summed E-state index contributed by atoms with van der Waals surface area (Å²) in [6.07, 6.45) is -2.05. The van der Waals surface area contributed by atoms with Gasteiger partial charge in [0.15, 0.2) is 0 Å². The van der Waals surface area contributed by atoms with Gasteiger partial charge in [0.2, 0.25) is 5.91 Å². The molecule has 8 heteroatoms. The molecule has 0 spiro atoms. The van der Waals surface area contributed by atoms with E-state index in [9.17, 15) is 22.8 Å². The van der Waals surface area contributed by atoms with E-state index in [0.29, 0.717) is 13.0 Å². The van der Waals surface area contributed by atoms with Gasteiger partial charge in [-0.3, -0.25) is 14.9 Å². The van der Waals surface area contributed by atoms with Crippen molar-refractivity contribution in [1.29, 1.82) is 0 Å². The fourth-order valence-electron chi connectivity index (χ4n) is 3.34. The minimum atomic E-state index is -4.36. The third kappa shape index (κ3) is 3.64. The minimum Gasteiger partial charge on any atom is -0.343 e. The molecule has 1 fully saturated rings. The summed E-state index contributed by atoms with van der Waals surface area (Å²) < 4.78 is 40.2. The fourth-order valence-corrected chi connectivity index (χ4v) is 4.19. The second kappa shape index (κ2) is 7.01. The third-order valence-corrected chi connectivity index (χ3v) is 5.66. The molecule has 0 aliphatic carbocycles. The van der Waals surface area contributed by atoms with Gasteiger partial charge in [0.1, 0.15) is 0 Å². The van der Waals surface area contributed by atoms with Gasteiger partial charge in [-0.15, -0.1) is 0 Å². The first-order valence-electron chi connectivity index (χ1n) is 8.55. The second-order valence-corrected chi connectivity index (χ2v) is 7.76. The summed E-state index contributed by atoms with van der Waals surface area (Å²) in [5.41, 5.74) is 1.91. The maximum atomic E-state index is 12.7. The van der Waals surface area contributed by atoms with Crippen molar-refractivity contribution in [3.05, 3.63) is 71.4 Å². The van der Waals surface area contributed by atoms with Crippen LogP contribution in [-0.4, -0.2) is 21.0 Å². The molecule has 1 atom stereocenters. The van der Waals surface area contributed by atoms with E-state index in [1.165, 1.54) is 12.1 Å². The summed E-state index contributed by atoms with van der Waals surface area (Å²) >= 11 is 0.979. The van der Waals surface area contributed by atoms with Crippen LogP contribution in [0.1, 0.15) is 16.7 Å². The van der Waals surface area contributed by atoms with Crippen molar-refractivity contribution in [2.45, 2.75) is 24.4 Å². The number of thioether (sulfide) groups is 1. The fraction of sp³-hybridized carbons (Fsp3) is 0.200. The minimum absolute atomic E-state index is 0.297. The van der Waals surface area contributed by atoms with E-state index in [4.69, 9.17) is 0 Å². The molecule has 1 aromatic heterocycles. The number of nitrogens with one attached hydrogen (secondary N) is 1. The van der Waals surface area contributed by atoms with Gasteiger partial charge in [-0.2, -0.15) is 13.2 Å². The molecule has 3 aromatic rings. The van der Waals surface area contributed by atoms with Crippen molar-refractivity contribution in [2.75, 3.05) is 0 Å². The summed E-state index contributed by atoms with van der Waals surface area (Å²) in [5, 5.41) is 2.43. The number of nitrogens with zero attached hydrogens (tertiary/aromatic N) is 1. The molecule has 1 unspecified atom stereocenters. The van der Waals surface area contributed by atoms with Gasteiger partial charge in [0.25, 0.3) is 5.24 Å². The molecule has 1 N–H and O–H groups in total. The number of benzene rings is 2. The van der Waals surface area contributed by atoms with Crippen molar-refractivity contribution in [2.24, 2.45) is 0 Å². The van der Waals surface area contributed by atoms with Gasteiger partial charge >= 0.3 is 6.18 Å². The highest BCUT2D eigenvalue weighted by Crippen LogP contribution is 2.31. The average Bonchev–Trinajstić information content (AvgIpc) is 3.15. The molecule has 0 radical (unpaired) electrons. The van der Waals surface area contributed by atoms with E-state index >= 15 is 0 Å². The van der Waals surface area contributed by atoms with Gasteiger partial charge < -0.3 is 4.57 Å². The molecule has 144 valence electrons. The Morgan fingerprint density at radius 1 is 1.04 bits per heavy atom. The van der Waals surface area contributed by atoms with Crippen LogP contribution in [0.4, 0.5) is 18.0 Å². The molecule has 0 bridgehead atoms. The first-order valence-corrected chi connectivity index (χ1v) is 9.43. The van der Waals surface area contributed by atoms with Crippen molar-refractivity contribution < 1.29 is 22.8 Å². The maximum absolute atomic E-state index is 12.7. The third-order valence-electron chi connectivity index (χ3n) is 4.68. The van der Waals surface area contributed by atoms with Crippen molar-refractivity contribution in [1.82, 2.24) is 9.88 Å². The smallest absolute Gasteiger partial charge is 0.343 e. The van der Waals surface area contributed by atoms with Crippen LogP contribution in [0, 0.1) is 0 Å².